The molecule has 94 valence electrons. The first-order chi connectivity index (χ1) is 8.66. The predicted molar refractivity (Wildman–Crippen MR) is 65.9 cm³/mol. The van der Waals surface area contributed by atoms with Gasteiger partial charge in [-0.15, -0.1) is 0 Å². The number of carbonyl (C=O) groups excluding carboxylic acids is 1. The number of nitrogens with one attached hydrogen (secondary N) is 1. The molecule has 1 amide bonds. The zero-order chi connectivity index (χ0) is 13.0. The lowest BCUT2D eigenvalue weighted by molar-refractivity contribution is 0.0949. The Morgan fingerprint density at radius 3 is 2.94 bits per heavy atom. The van der Waals surface area contributed by atoms with Gasteiger partial charge >= 0.3 is 0 Å². The van der Waals surface area contributed by atoms with Crippen LogP contribution < -0.4 is 5.32 Å². The van der Waals surface area contributed by atoms with E-state index in [1.807, 2.05) is 13.0 Å². The van der Waals surface area contributed by atoms with Gasteiger partial charge in [-0.05, 0) is 31.2 Å². The van der Waals surface area contributed by atoms with Crippen molar-refractivity contribution < 1.29 is 13.6 Å². The summed E-state index contributed by atoms with van der Waals surface area (Å²) in [5.41, 5.74) is 0.932. The molecule has 0 aliphatic rings. The standard InChI is InChI=1S/C14H14FNO2/c1-10-4-5-13(15)12(9-10)14(17)16-7-6-11-3-2-8-18-11/h2-5,8-9H,6-7H2,1H3,(H,16,17). The fourth-order valence-electron chi connectivity index (χ4n) is 1.66. The van der Waals surface area contributed by atoms with Crippen LogP contribution in [0.3, 0.4) is 0 Å². The molecular formula is C14H14FNO2. The molecule has 0 bridgehead atoms. The Balaban J connectivity index is 1.93. The van der Waals surface area contributed by atoms with Crippen molar-refractivity contribution in [3.8, 4) is 0 Å². The molecule has 0 fully saturated rings. The summed E-state index contributed by atoms with van der Waals surface area (Å²) in [7, 11) is 0. The van der Waals surface area contributed by atoms with Gasteiger partial charge in [-0.1, -0.05) is 11.6 Å². The maximum atomic E-state index is 13.4. The van der Waals surface area contributed by atoms with Gasteiger partial charge in [-0.2, -0.15) is 0 Å². The van der Waals surface area contributed by atoms with Crippen LogP contribution in [0.2, 0.25) is 0 Å². The monoisotopic (exact) mass is 247 g/mol. The summed E-state index contributed by atoms with van der Waals surface area (Å²) in [6.45, 7) is 2.23. The van der Waals surface area contributed by atoms with E-state index in [2.05, 4.69) is 5.32 Å². The van der Waals surface area contributed by atoms with Crippen molar-refractivity contribution in [2.75, 3.05) is 6.54 Å². The van der Waals surface area contributed by atoms with Crippen LogP contribution in [-0.2, 0) is 6.42 Å². The van der Waals surface area contributed by atoms with E-state index in [0.29, 0.717) is 13.0 Å². The Morgan fingerprint density at radius 2 is 2.22 bits per heavy atom. The Hall–Kier alpha value is -2.10. The average Bonchev–Trinajstić information content (AvgIpc) is 2.85. The van der Waals surface area contributed by atoms with E-state index in [0.717, 1.165) is 11.3 Å². The summed E-state index contributed by atoms with van der Waals surface area (Å²) < 4.78 is 18.6. The molecule has 4 heteroatoms. The average molecular weight is 247 g/mol. The minimum absolute atomic E-state index is 0.0782. The third-order valence-corrected chi connectivity index (χ3v) is 2.60. The largest absolute Gasteiger partial charge is 0.469 e. The van der Waals surface area contributed by atoms with Crippen LogP contribution in [0.1, 0.15) is 21.7 Å². The molecule has 18 heavy (non-hydrogen) atoms. The smallest absolute Gasteiger partial charge is 0.254 e. The number of benzene rings is 1. The summed E-state index contributed by atoms with van der Waals surface area (Å²) in [4.78, 5) is 11.8. The number of halogens is 1. The third kappa shape index (κ3) is 2.97. The van der Waals surface area contributed by atoms with Crippen molar-refractivity contribution in [3.05, 3.63) is 59.3 Å². The molecule has 0 aliphatic heterocycles. The van der Waals surface area contributed by atoms with Gasteiger partial charge in [-0.25, -0.2) is 4.39 Å². The number of hydrogen-bond donors (Lipinski definition) is 1. The molecule has 2 aromatic rings. The van der Waals surface area contributed by atoms with E-state index in [1.165, 1.54) is 12.1 Å². The van der Waals surface area contributed by atoms with Crippen molar-refractivity contribution in [2.24, 2.45) is 0 Å². The molecular weight excluding hydrogens is 233 g/mol. The molecule has 0 aliphatic carbocycles. The van der Waals surface area contributed by atoms with Crippen LogP contribution >= 0.6 is 0 Å². The van der Waals surface area contributed by atoms with Gasteiger partial charge < -0.3 is 9.73 Å². The van der Waals surface area contributed by atoms with Crippen LogP contribution in [0.5, 0.6) is 0 Å². The van der Waals surface area contributed by atoms with Crippen LogP contribution in [0.15, 0.2) is 41.0 Å². The molecule has 0 radical (unpaired) electrons. The third-order valence-electron chi connectivity index (χ3n) is 2.60. The summed E-state index contributed by atoms with van der Waals surface area (Å²) in [6, 6.07) is 8.10. The van der Waals surface area contributed by atoms with E-state index in [4.69, 9.17) is 4.42 Å². The second-order valence-electron chi connectivity index (χ2n) is 4.07. The highest BCUT2D eigenvalue weighted by atomic mass is 19.1. The van der Waals surface area contributed by atoms with Crippen LogP contribution in [0, 0.1) is 12.7 Å². The van der Waals surface area contributed by atoms with E-state index in [9.17, 15) is 9.18 Å². The number of aryl methyl sites for hydroxylation is 1. The zero-order valence-electron chi connectivity index (χ0n) is 10.1. The highest BCUT2D eigenvalue weighted by Crippen LogP contribution is 2.09. The first-order valence-electron chi connectivity index (χ1n) is 5.73. The Kier molecular flexibility index (Phi) is 3.77. The number of furan rings is 1. The molecule has 0 atom stereocenters. The topological polar surface area (TPSA) is 42.2 Å². The number of amides is 1. The Labute approximate surface area is 105 Å². The minimum atomic E-state index is -0.504. The van der Waals surface area contributed by atoms with Gasteiger partial charge in [0.15, 0.2) is 0 Å². The van der Waals surface area contributed by atoms with Crippen LogP contribution in [-0.4, -0.2) is 12.5 Å². The second-order valence-corrected chi connectivity index (χ2v) is 4.07. The van der Waals surface area contributed by atoms with Crippen molar-refractivity contribution in [3.63, 3.8) is 0 Å². The van der Waals surface area contributed by atoms with Gasteiger partial charge in [0, 0.05) is 13.0 Å². The molecule has 1 aromatic carbocycles. The van der Waals surface area contributed by atoms with Gasteiger partial charge in [0.2, 0.25) is 0 Å². The number of carbonyl (C=O) groups is 1. The van der Waals surface area contributed by atoms with Gasteiger partial charge in [0.1, 0.15) is 11.6 Å². The summed E-state index contributed by atoms with van der Waals surface area (Å²) in [6.07, 6.45) is 2.17. The molecule has 2 rings (SSSR count). The minimum Gasteiger partial charge on any atom is -0.469 e. The predicted octanol–water partition coefficient (Wildman–Crippen LogP) is 2.70. The number of hydrogen-bond acceptors (Lipinski definition) is 2. The van der Waals surface area contributed by atoms with Gasteiger partial charge in [-0.3, -0.25) is 4.79 Å². The first-order valence-corrected chi connectivity index (χ1v) is 5.73. The molecule has 0 saturated carbocycles. The summed E-state index contributed by atoms with van der Waals surface area (Å²) >= 11 is 0. The molecule has 0 unspecified atom stereocenters. The molecule has 1 aromatic heterocycles. The zero-order valence-corrected chi connectivity index (χ0v) is 10.1. The van der Waals surface area contributed by atoms with Crippen molar-refractivity contribution in [1.29, 1.82) is 0 Å². The Morgan fingerprint density at radius 1 is 1.39 bits per heavy atom. The van der Waals surface area contributed by atoms with Crippen molar-refractivity contribution in [2.45, 2.75) is 13.3 Å². The van der Waals surface area contributed by atoms with Gasteiger partial charge in [0.25, 0.3) is 5.91 Å². The summed E-state index contributed by atoms with van der Waals surface area (Å²) in [5, 5.41) is 2.67. The van der Waals surface area contributed by atoms with E-state index >= 15 is 0 Å². The second kappa shape index (κ2) is 5.49. The van der Waals surface area contributed by atoms with Gasteiger partial charge in [0.05, 0.1) is 11.8 Å². The Bertz CT molecular complexity index is 535. The molecule has 0 saturated heterocycles. The lowest BCUT2D eigenvalue weighted by atomic mass is 10.1. The molecule has 1 heterocycles. The maximum absolute atomic E-state index is 13.4. The van der Waals surface area contributed by atoms with Crippen molar-refractivity contribution in [1.82, 2.24) is 5.32 Å². The highest BCUT2D eigenvalue weighted by molar-refractivity contribution is 5.94. The van der Waals surface area contributed by atoms with E-state index < -0.39 is 11.7 Å². The fourth-order valence-corrected chi connectivity index (χ4v) is 1.66. The first kappa shape index (κ1) is 12.4. The maximum Gasteiger partial charge on any atom is 0.254 e. The molecule has 0 spiro atoms. The lowest BCUT2D eigenvalue weighted by Crippen LogP contribution is -2.26. The summed E-state index contributed by atoms with van der Waals surface area (Å²) in [5.74, 6) is -0.112. The van der Waals surface area contributed by atoms with E-state index in [1.54, 1.807) is 18.4 Å². The quantitative estimate of drug-likeness (QED) is 0.902. The molecule has 3 nitrogen and oxygen atoms in total. The normalized spacial score (nSPS) is 10.3. The lowest BCUT2D eigenvalue weighted by Gasteiger charge is -2.06. The molecule has 1 N–H and O–H groups in total. The van der Waals surface area contributed by atoms with Crippen molar-refractivity contribution >= 4 is 5.91 Å². The van der Waals surface area contributed by atoms with Crippen LogP contribution in [0.4, 0.5) is 4.39 Å². The highest BCUT2D eigenvalue weighted by Gasteiger charge is 2.11. The van der Waals surface area contributed by atoms with Crippen LogP contribution in [0.25, 0.3) is 0 Å². The fraction of sp³-hybridized carbons (Fsp3) is 0.214. The number of rotatable bonds is 4. The SMILES string of the molecule is Cc1ccc(F)c(C(=O)NCCc2ccco2)c1. The van der Waals surface area contributed by atoms with E-state index in [-0.39, 0.29) is 5.56 Å².